The van der Waals surface area contributed by atoms with E-state index in [1.54, 1.807) is 18.2 Å². The molecule has 2 aromatic carbocycles. The van der Waals surface area contributed by atoms with Gasteiger partial charge < -0.3 is 5.32 Å². The Labute approximate surface area is 107 Å². The van der Waals surface area contributed by atoms with Crippen LogP contribution >= 0.6 is 11.6 Å². The van der Waals surface area contributed by atoms with E-state index in [1.807, 2.05) is 0 Å². The summed E-state index contributed by atoms with van der Waals surface area (Å²) in [5.74, 6) is -2.42. The van der Waals surface area contributed by atoms with E-state index in [4.69, 9.17) is 11.6 Å². The lowest BCUT2D eigenvalue weighted by molar-refractivity contribution is 0.102. The van der Waals surface area contributed by atoms with Crippen LogP contribution in [0.4, 0.5) is 14.5 Å². The maximum atomic E-state index is 12.9. The molecule has 0 bridgehead atoms. The van der Waals surface area contributed by atoms with Crippen LogP contribution in [0.25, 0.3) is 0 Å². The van der Waals surface area contributed by atoms with Gasteiger partial charge in [0.05, 0.1) is 0 Å². The van der Waals surface area contributed by atoms with E-state index in [0.29, 0.717) is 10.6 Å². The summed E-state index contributed by atoms with van der Waals surface area (Å²) in [5, 5.41) is 2.87. The van der Waals surface area contributed by atoms with Crippen LogP contribution in [0.3, 0.4) is 0 Å². The van der Waals surface area contributed by atoms with Crippen molar-refractivity contribution in [1.29, 1.82) is 0 Å². The van der Waals surface area contributed by atoms with Gasteiger partial charge in [-0.25, -0.2) is 8.78 Å². The maximum absolute atomic E-state index is 12.9. The van der Waals surface area contributed by atoms with Crippen LogP contribution in [0, 0.1) is 11.6 Å². The molecule has 0 atom stereocenters. The SMILES string of the molecule is O=C(Nc1ccc(F)c(F)c1)c1cccc(Cl)c1. The summed E-state index contributed by atoms with van der Waals surface area (Å²) in [5.41, 5.74) is 0.520. The Hall–Kier alpha value is -1.94. The second-order valence-corrected chi connectivity index (χ2v) is 4.03. The quantitative estimate of drug-likeness (QED) is 0.879. The average Bonchev–Trinajstić information content (AvgIpc) is 2.34. The molecule has 5 heteroatoms. The van der Waals surface area contributed by atoms with Crippen LogP contribution in [-0.2, 0) is 0 Å². The van der Waals surface area contributed by atoms with Crippen LogP contribution < -0.4 is 5.32 Å². The number of hydrogen-bond donors (Lipinski definition) is 1. The fraction of sp³-hybridized carbons (Fsp3) is 0. The first-order valence-corrected chi connectivity index (χ1v) is 5.46. The predicted molar refractivity (Wildman–Crippen MR) is 65.8 cm³/mol. The van der Waals surface area contributed by atoms with Crippen molar-refractivity contribution in [3.63, 3.8) is 0 Å². The molecule has 92 valence electrons. The minimum Gasteiger partial charge on any atom is -0.322 e. The zero-order valence-electron chi connectivity index (χ0n) is 9.08. The van der Waals surface area contributed by atoms with Crippen molar-refractivity contribution in [1.82, 2.24) is 0 Å². The highest BCUT2D eigenvalue weighted by atomic mass is 35.5. The molecule has 0 aliphatic carbocycles. The molecule has 0 aliphatic rings. The second kappa shape index (κ2) is 5.14. The van der Waals surface area contributed by atoms with Crippen molar-refractivity contribution in [3.05, 3.63) is 64.7 Å². The predicted octanol–water partition coefficient (Wildman–Crippen LogP) is 3.87. The second-order valence-electron chi connectivity index (χ2n) is 3.59. The molecule has 0 heterocycles. The summed E-state index contributed by atoms with van der Waals surface area (Å²) < 4.78 is 25.7. The third-order valence-electron chi connectivity index (χ3n) is 2.26. The number of benzene rings is 2. The summed E-state index contributed by atoms with van der Waals surface area (Å²) in [7, 11) is 0. The third-order valence-corrected chi connectivity index (χ3v) is 2.50. The van der Waals surface area contributed by atoms with Crippen molar-refractivity contribution in [2.45, 2.75) is 0 Å². The lowest BCUT2D eigenvalue weighted by atomic mass is 10.2. The van der Waals surface area contributed by atoms with Crippen molar-refractivity contribution >= 4 is 23.2 Å². The summed E-state index contributed by atoms with van der Waals surface area (Å²) in [4.78, 5) is 11.8. The van der Waals surface area contributed by atoms with E-state index >= 15 is 0 Å². The highest BCUT2D eigenvalue weighted by Crippen LogP contribution is 2.16. The topological polar surface area (TPSA) is 29.1 Å². The highest BCUT2D eigenvalue weighted by Gasteiger charge is 2.08. The van der Waals surface area contributed by atoms with Crippen molar-refractivity contribution < 1.29 is 13.6 Å². The first-order chi connectivity index (χ1) is 8.56. The van der Waals surface area contributed by atoms with Crippen molar-refractivity contribution in [2.24, 2.45) is 0 Å². The monoisotopic (exact) mass is 267 g/mol. The Morgan fingerprint density at radius 1 is 1.06 bits per heavy atom. The van der Waals surface area contributed by atoms with Gasteiger partial charge in [-0.3, -0.25) is 4.79 Å². The number of amides is 1. The molecule has 1 N–H and O–H groups in total. The van der Waals surface area contributed by atoms with Gasteiger partial charge in [0, 0.05) is 22.3 Å². The summed E-state index contributed by atoms with van der Waals surface area (Å²) in [6, 6.07) is 9.46. The number of rotatable bonds is 2. The van der Waals surface area contributed by atoms with Crippen LogP contribution in [0.15, 0.2) is 42.5 Å². The van der Waals surface area contributed by atoms with Crippen LogP contribution in [-0.4, -0.2) is 5.91 Å². The molecule has 1 amide bonds. The number of anilines is 1. The van der Waals surface area contributed by atoms with Crippen molar-refractivity contribution in [2.75, 3.05) is 5.32 Å². The van der Waals surface area contributed by atoms with Gasteiger partial charge in [0.25, 0.3) is 5.91 Å². The average molecular weight is 268 g/mol. The normalized spacial score (nSPS) is 10.2. The molecular weight excluding hydrogens is 260 g/mol. The molecule has 2 aromatic rings. The van der Waals surface area contributed by atoms with Gasteiger partial charge in [0.2, 0.25) is 0 Å². The number of hydrogen-bond acceptors (Lipinski definition) is 1. The first kappa shape index (κ1) is 12.5. The van der Waals surface area contributed by atoms with Gasteiger partial charge in [-0.1, -0.05) is 17.7 Å². The van der Waals surface area contributed by atoms with Crippen LogP contribution in [0.1, 0.15) is 10.4 Å². The molecular formula is C13H8ClF2NO. The lowest BCUT2D eigenvalue weighted by Crippen LogP contribution is -2.12. The molecule has 0 aliphatic heterocycles. The molecule has 0 unspecified atom stereocenters. The van der Waals surface area contributed by atoms with Gasteiger partial charge in [0.1, 0.15) is 0 Å². The van der Waals surface area contributed by atoms with Gasteiger partial charge in [-0.05, 0) is 30.3 Å². The molecule has 0 saturated carbocycles. The van der Waals surface area contributed by atoms with E-state index in [0.717, 1.165) is 12.1 Å². The smallest absolute Gasteiger partial charge is 0.255 e. The largest absolute Gasteiger partial charge is 0.322 e. The fourth-order valence-electron chi connectivity index (χ4n) is 1.41. The maximum Gasteiger partial charge on any atom is 0.255 e. The summed E-state index contributed by atoms with van der Waals surface area (Å²) in [6.45, 7) is 0. The third kappa shape index (κ3) is 2.84. The van der Waals surface area contributed by atoms with E-state index in [2.05, 4.69) is 5.32 Å². The van der Waals surface area contributed by atoms with E-state index < -0.39 is 17.5 Å². The summed E-state index contributed by atoms with van der Waals surface area (Å²) in [6.07, 6.45) is 0. The fourth-order valence-corrected chi connectivity index (χ4v) is 1.60. The number of carbonyl (C=O) groups is 1. The Morgan fingerprint density at radius 2 is 1.83 bits per heavy atom. The van der Waals surface area contributed by atoms with Crippen LogP contribution in [0.5, 0.6) is 0 Å². The first-order valence-electron chi connectivity index (χ1n) is 5.08. The van der Waals surface area contributed by atoms with E-state index in [9.17, 15) is 13.6 Å². The van der Waals surface area contributed by atoms with Gasteiger partial charge >= 0.3 is 0 Å². The van der Waals surface area contributed by atoms with E-state index in [1.165, 1.54) is 12.1 Å². The minimum absolute atomic E-state index is 0.180. The van der Waals surface area contributed by atoms with Crippen molar-refractivity contribution in [3.8, 4) is 0 Å². The molecule has 0 aromatic heterocycles. The van der Waals surface area contributed by atoms with Crippen LogP contribution in [0.2, 0.25) is 5.02 Å². The molecule has 0 spiro atoms. The summed E-state index contributed by atoms with van der Waals surface area (Å²) >= 11 is 5.75. The van der Waals surface area contributed by atoms with Gasteiger partial charge in [-0.15, -0.1) is 0 Å². The van der Waals surface area contributed by atoms with Gasteiger partial charge in [-0.2, -0.15) is 0 Å². The number of nitrogens with one attached hydrogen (secondary N) is 1. The Morgan fingerprint density at radius 3 is 2.50 bits per heavy atom. The van der Waals surface area contributed by atoms with E-state index in [-0.39, 0.29) is 5.69 Å². The zero-order chi connectivity index (χ0) is 13.1. The molecule has 2 nitrogen and oxygen atoms in total. The Balaban J connectivity index is 2.18. The highest BCUT2D eigenvalue weighted by molar-refractivity contribution is 6.31. The molecule has 18 heavy (non-hydrogen) atoms. The lowest BCUT2D eigenvalue weighted by Gasteiger charge is -2.05. The number of halogens is 3. The Bertz CT molecular complexity index is 601. The molecule has 0 saturated heterocycles. The Kier molecular flexibility index (Phi) is 3.58. The number of carbonyl (C=O) groups excluding carboxylic acids is 1. The molecule has 2 rings (SSSR count). The molecule has 0 radical (unpaired) electrons. The molecule has 0 fully saturated rings. The minimum atomic E-state index is -1.01. The standard InChI is InChI=1S/C13H8ClF2NO/c14-9-3-1-2-8(6-9)13(18)17-10-4-5-11(15)12(16)7-10/h1-7H,(H,17,18). The van der Waals surface area contributed by atoms with Gasteiger partial charge in [0.15, 0.2) is 11.6 Å². The zero-order valence-corrected chi connectivity index (χ0v) is 9.84.